The van der Waals surface area contributed by atoms with Gasteiger partial charge in [-0.25, -0.2) is 4.98 Å². The van der Waals surface area contributed by atoms with Gasteiger partial charge in [0.1, 0.15) is 5.76 Å². The molecule has 0 saturated carbocycles. The number of oxazole rings is 1. The van der Waals surface area contributed by atoms with Crippen LogP contribution in [0.2, 0.25) is 0 Å². The van der Waals surface area contributed by atoms with Gasteiger partial charge in [-0.05, 0) is 26.3 Å². The van der Waals surface area contributed by atoms with Gasteiger partial charge in [-0.3, -0.25) is 0 Å². The summed E-state index contributed by atoms with van der Waals surface area (Å²) in [5.74, 6) is 2.00. The largest absolute Gasteiger partial charge is 0.445 e. The number of aliphatic hydroxyl groups excluding tert-OH is 1. The predicted octanol–water partition coefficient (Wildman–Crippen LogP) is 1.06. The predicted molar refractivity (Wildman–Crippen MR) is 56.7 cm³/mol. The summed E-state index contributed by atoms with van der Waals surface area (Å²) in [4.78, 5) is 4.28. The van der Waals surface area contributed by atoms with Gasteiger partial charge in [0.2, 0.25) is 0 Å². The van der Waals surface area contributed by atoms with Crippen LogP contribution >= 0.6 is 0 Å². The van der Waals surface area contributed by atoms with Gasteiger partial charge >= 0.3 is 0 Å². The summed E-state index contributed by atoms with van der Waals surface area (Å²) in [5.41, 5.74) is 0. The number of nitrogens with one attached hydrogen (secondary N) is 1. The summed E-state index contributed by atoms with van der Waals surface area (Å²) in [6, 6.07) is 0. The van der Waals surface area contributed by atoms with E-state index < -0.39 is 0 Å². The molecule has 2 unspecified atom stereocenters. The molecule has 2 N–H and O–H groups in total. The molecule has 0 aromatic carbocycles. The Kier molecular flexibility index (Phi) is 3.38. The average Bonchev–Trinajstić information content (AvgIpc) is 2.67. The molecule has 2 heterocycles. The summed E-state index contributed by atoms with van der Waals surface area (Å²) in [7, 11) is 0. The number of piperidine rings is 1. The Bertz CT molecular complexity index is 303. The highest BCUT2D eigenvalue weighted by molar-refractivity contribution is 5.01. The lowest BCUT2D eigenvalue weighted by Crippen LogP contribution is -2.28. The fraction of sp³-hybridized carbons (Fsp3) is 0.727. The molecule has 0 bridgehead atoms. The van der Waals surface area contributed by atoms with Crippen molar-refractivity contribution in [2.75, 3.05) is 13.1 Å². The molecule has 2 rings (SSSR count). The molecule has 1 fully saturated rings. The van der Waals surface area contributed by atoms with Crippen LogP contribution in [0.3, 0.4) is 0 Å². The molecule has 1 aliphatic heterocycles. The highest BCUT2D eigenvalue weighted by Crippen LogP contribution is 2.23. The maximum atomic E-state index is 9.23. The normalized spacial score (nSPS) is 24.0. The molecule has 0 spiro atoms. The summed E-state index contributed by atoms with van der Waals surface area (Å²) < 4.78 is 5.62. The van der Waals surface area contributed by atoms with Gasteiger partial charge in [0.05, 0.1) is 12.3 Å². The lowest BCUT2D eigenvalue weighted by molar-refractivity contribution is 0.185. The minimum Gasteiger partial charge on any atom is -0.445 e. The molecule has 1 aromatic rings. The van der Waals surface area contributed by atoms with Gasteiger partial charge in [-0.2, -0.15) is 0 Å². The third-order valence-corrected chi connectivity index (χ3v) is 2.71. The van der Waals surface area contributed by atoms with E-state index in [1.807, 2.05) is 0 Å². The third kappa shape index (κ3) is 2.79. The Hall–Kier alpha value is -0.870. The zero-order chi connectivity index (χ0) is 10.7. The quantitative estimate of drug-likeness (QED) is 0.783. The summed E-state index contributed by atoms with van der Waals surface area (Å²) >= 11 is 0. The Morgan fingerprint density at radius 3 is 3.27 bits per heavy atom. The first-order chi connectivity index (χ1) is 7.25. The molecule has 0 aliphatic carbocycles. The smallest absolute Gasteiger partial charge is 0.198 e. The molecule has 1 aromatic heterocycles. The van der Waals surface area contributed by atoms with E-state index in [1.54, 1.807) is 13.1 Å². The van der Waals surface area contributed by atoms with Crippen molar-refractivity contribution in [1.82, 2.24) is 10.3 Å². The monoisotopic (exact) mass is 210 g/mol. The minimum absolute atomic E-state index is 0.365. The van der Waals surface area contributed by atoms with E-state index in [0.717, 1.165) is 31.2 Å². The second-order valence-corrected chi connectivity index (χ2v) is 4.26. The summed E-state index contributed by atoms with van der Waals surface area (Å²) in [5, 5.41) is 12.6. The van der Waals surface area contributed by atoms with Crippen LogP contribution in [0.25, 0.3) is 0 Å². The Balaban J connectivity index is 1.99. The van der Waals surface area contributed by atoms with E-state index in [-0.39, 0.29) is 6.10 Å². The van der Waals surface area contributed by atoms with Gasteiger partial charge in [0.25, 0.3) is 0 Å². The highest BCUT2D eigenvalue weighted by Gasteiger charge is 2.20. The lowest BCUT2D eigenvalue weighted by atomic mass is 10.00. The molecule has 0 amide bonds. The van der Waals surface area contributed by atoms with Gasteiger partial charge in [0.15, 0.2) is 5.89 Å². The zero-order valence-electron chi connectivity index (χ0n) is 9.07. The van der Waals surface area contributed by atoms with Crippen LogP contribution in [0, 0.1) is 0 Å². The van der Waals surface area contributed by atoms with E-state index in [9.17, 15) is 5.11 Å². The summed E-state index contributed by atoms with van der Waals surface area (Å²) in [6.45, 7) is 3.80. The van der Waals surface area contributed by atoms with E-state index >= 15 is 0 Å². The van der Waals surface area contributed by atoms with Crippen molar-refractivity contribution in [2.45, 2.75) is 38.2 Å². The number of hydrogen-bond acceptors (Lipinski definition) is 4. The molecular formula is C11H18N2O2. The van der Waals surface area contributed by atoms with Gasteiger partial charge in [-0.15, -0.1) is 0 Å². The fourth-order valence-electron chi connectivity index (χ4n) is 1.96. The van der Waals surface area contributed by atoms with Crippen molar-refractivity contribution in [1.29, 1.82) is 0 Å². The van der Waals surface area contributed by atoms with Crippen LogP contribution in [0.5, 0.6) is 0 Å². The molecule has 1 saturated heterocycles. The van der Waals surface area contributed by atoms with Crippen molar-refractivity contribution >= 4 is 0 Å². The molecule has 0 radical (unpaired) electrons. The Morgan fingerprint density at radius 1 is 1.73 bits per heavy atom. The first-order valence-corrected chi connectivity index (χ1v) is 5.59. The number of rotatable bonds is 3. The molecular weight excluding hydrogens is 192 g/mol. The van der Waals surface area contributed by atoms with E-state index in [4.69, 9.17) is 4.42 Å². The van der Waals surface area contributed by atoms with Crippen LogP contribution in [-0.4, -0.2) is 29.3 Å². The van der Waals surface area contributed by atoms with Crippen molar-refractivity contribution in [3.8, 4) is 0 Å². The van der Waals surface area contributed by atoms with Gasteiger partial charge < -0.3 is 14.8 Å². The molecule has 4 heteroatoms. The Morgan fingerprint density at radius 2 is 2.60 bits per heavy atom. The first-order valence-electron chi connectivity index (χ1n) is 5.59. The van der Waals surface area contributed by atoms with E-state index in [2.05, 4.69) is 10.3 Å². The maximum absolute atomic E-state index is 9.23. The summed E-state index contributed by atoms with van der Waals surface area (Å²) in [6.07, 6.45) is 4.24. The second kappa shape index (κ2) is 4.77. The van der Waals surface area contributed by atoms with Crippen LogP contribution in [0.15, 0.2) is 10.6 Å². The maximum Gasteiger partial charge on any atom is 0.198 e. The van der Waals surface area contributed by atoms with E-state index in [0.29, 0.717) is 12.3 Å². The second-order valence-electron chi connectivity index (χ2n) is 4.26. The number of nitrogens with zero attached hydrogens (tertiary/aromatic N) is 1. The van der Waals surface area contributed by atoms with Crippen LogP contribution in [-0.2, 0) is 6.42 Å². The number of aliphatic hydroxyl groups is 1. The fourth-order valence-corrected chi connectivity index (χ4v) is 1.96. The lowest BCUT2D eigenvalue weighted by Gasteiger charge is -2.19. The van der Waals surface area contributed by atoms with Crippen molar-refractivity contribution in [3.63, 3.8) is 0 Å². The Labute approximate surface area is 89.7 Å². The average molecular weight is 210 g/mol. The van der Waals surface area contributed by atoms with Gasteiger partial charge in [0, 0.05) is 18.9 Å². The van der Waals surface area contributed by atoms with Crippen molar-refractivity contribution < 1.29 is 9.52 Å². The van der Waals surface area contributed by atoms with Crippen molar-refractivity contribution in [2.24, 2.45) is 0 Å². The molecule has 1 aliphatic rings. The molecule has 15 heavy (non-hydrogen) atoms. The minimum atomic E-state index is -0.365. The molecule has 2 atom stereocenters. The molecule has 4 nitrogen and oxygen atoms in total. The van der Waals surface area contributed by atoms with Crippen molar-refractivity contribution in [3.05, 3.63) is 17.8 Å². The van der Waals surface area contributed by atoms with Gasteiger partial charge in [-0.1, -0.05) is 0 Å². The highest BCUT2D eigenvalue weighted by atomic mass is 16.4. The molecule has 84 valence electrons. The van der Waals surface area contributed by atoms with Crippen LogP contribution < -0.4 is 5.32 Å². The number of aromatic nitrogens is 1. The standard InChI is InChI=1S/C11H18N2O2/c1-8(14)5-10-7-13-11(15-10)9-3-2-4-12-6-9/h7-9,12,14H,2-6H2,1H3. The van der Waals surface area contributed by atoms with E-state index in [1.165, 1.54) is 6.42 Å². The zero-order valence-corrected chi connectivity index (χ0v) is 9.07. The third-order valence-electron chi connectivity index (χ3n) is 2.71. The number of hydrogen-bond donors (Lipinski definition) is 2. The topological polar surface area (TPSA) is 58.3 Å². The van der Waals surface area contributed by atoms with Crippen LogP contribution in [0.1, 0.15) is 37.3 Å². The SMILES string of the molecule is CC(O)Cc1cnc(C2CCCNC2)o1. The first kappa shape index (κ1) is 10.6. The van der Waals surface area contributed by atoms with Crippen LogP contribution in [0.4, 0.5) is 0 Å².